The Morgan fingerprint density at radius 3 is 2.82 bits per heavy atom. The molecule has 0 radical (unpaired) electrons. The van der Waals surface area contributed by atoms with Crippen LogP contribution in [0.2, 0.25) is 0 Å². The second-order valence-corrected chi connectivity index (χ2v) is 3.94. The summed E-state index contributed by atoms with van der Waals surface area (Å²) in [4.78, 5) is 11.5. The van der Waals surface area contributed by atoms with Gasteiger partial charge in [0.05, 0.1) is 5.92 Å². The zero-order chi connectivity index (χ0) is 12.8. The zero-order valence-corrected chi connectivity index (χ0v) is 11.4. The van der Waals surface area contributed by atoms with Crippen molar-refractivity contribution >= 4 is 18.5 Å². The molecular formula is C13H19NO2S. The van der Waals surface area contributed by atoms with Crippen LogP contribution in [0.1, 0.15) is 11.1 Å². The predicted octanol–water partition coefficient (Wildman–Crippen LogP) is 1.84. The maximum atomic E-state index is 11.5. The second kappa shape index (κ2) is 6.55. The third-order valence-electron chi connectivity index (χ3n) is 2.74. The van der Waals surface area contributed by atoms with Crippen molar-refractivity contribution in [3.05, 3.63) is 29.3 Å². The van der Waals surface area contributed by atoms with Crippen LogP contribution >= 0.6 is 12.6 Å². The molecule has 3 nitrogen and oxygen atoms in total. The minimum Gasteiger partial charge on any atom is -0.492 e. The van der Waals surface area contributed by atoms with Gasteiger partial charge in [0.2, 0.25) is 5.91 Å². The predicted molar refractivity (Wildman–Crippen MR) is 72.8 cm³/mol. The van der Waals surface area contributed by atoms with Crippen LogP contribution in [0.25, 0.3) is 0 Å². The molecule has 17 heavy (non-hydrogen) atoms. The molecule has 1 aromatic rings. The van der Waals surface area contributed by atoms with E-state index in [1.54, 1.807) is 13.3 Å². The molecule has 1 amide bonds. The molecule has 0 aromatic heterocycles. The Hall–Kier alpha value is -1.16. The average molecular weight is 253 g/mol. The SMILES string of the molecule is CNC(=O)[C@@H]1COc2ccc(C)cc2C1.CS. The Kier molecular flexibility index (Phi) is 5.35. The first-order chi connectivity index (χ1) is 8.20. The molecule has 2 rings (SSSR count). The van der Waals surface area contributed by atoms with Gasteiger partial charge >= 0.3 is 0 Å². The number of ether oxygens (including phenoxy) is 1. The largest absolute Gasteiger partial charge is 0.492 e. The molecule has 0 saturated heterocycles. The van der Waals surface area contributed by atoms with Gasteiger partial charge in [-0.25, -0.2) is 0 Å². The van der Waals surface area contributed by atoms with E-state index in [2.05, 4.69) is 24.0 Å². The first-order valence-corrected chi connectivity index (χ1v) is 6.49. The van der Waals surface area contributed by atoms with Crippen molar-refractivity contribution in [3.63, 3.8) is 0 Å². The standard InChI is InChI=1S/C12H15NO2.CH4S/c1-8-3-4-11-9(5-8)6-10(7-15-11)12(14)13-2;1-2/h3-5,10H,6-7H2,1-2H3,(H,13,14);2H,1H3/t10-;/m0./s1. The third kappa shape index (κ3) is 3.40. The zero-order valence-electron chi connectivity index (χ0n) is 10.5. The lowest BCUT2D eigenvalue weighted by Crippen LogP contribution is -2.35. The van der Waals surface area contributed by atoms with Gasteiger partial charge in [0.15, 0.2) is 0 Å². The molecule has 1 N–H and O–H groups in total. The van der Waals surface area contributed by atoms with E-state index < -0.39 is 0 Å². The van der Waals surface area contributed by atoms with Crippen molar-refractivity contribution < 1.29 is 9.53 Å². The number of nitrogens with one attached hydrogen (secondary N) is 1. The highest BCUT2D eigenvalue weighted by Gasteiger charge is 2.24. The van der Waals surface area contributed by atoms with Gasteiger partial charge < -0.3 is 10.1 Å². The molecule has 0 spiro atoms. The highest BCUT2D eigenvalue weighted by Crippen LogP contribution is 2.28. The molecule has 0 aliphatic carbocycles. The van der Waals surface area contributed by atoms with Gasteiger partial charge in [-0.2, -0.15) is 12.6 Å². The number of fused-ring (bicyclic) bond motifs is 1. The average Bonchev–Trinajstić information content (AvgIpc) is 2.39. The van der Waals surface area contributed by atoms with E-state index in [1.807, 2.05) is 19.1 Å². The van der Waals surface area contributed by atoms with Crippen molar-refractivity contribution in [2.75, 3.05) is 19.9 Å². The van der Waals surface area contributed by atoms with Crippen LogP contribution in [0.5, 0.6) is 5.75 Å². The van der Waals surface area contributed by atoms with E-state index in [1.165, 1.54) is 5.56 Å². The van der Waals surface area contributed by atoms with Gasteiger partial charge in [-0.3, -0.25) is 4.79 Å². The van der Waals surface area contributed by atoms with Crippen molar-refractivity contribution in [1.29, 1.82) is 0 Å². The lowest BCUT2D eigenvalue weighted by molar-refractivity contribution is -0.125. The van der Waals surface area contributed by atoms with Crippen LogP contribution in [0.4, 0.5) is 0 Å². The monoisotopic (exact) mass is 253 g/mol. The van der Waals surface area contributed by atoms with Crippen LogP contribution in [0, 0.1) is 12.8 Å². The maximum absolute atomic E-state index is 11.5. The first-order valence-electron chi connectivity index (χ1n) is 5.59. The number of thiol groups is 1. The molecule has 1 aliphatic heterocycles. The summed E-state index contributed by atoms with van der Waals surface area (Å²) in [6, 6.07) is 6.09. The van der Waals surface area contributed by atoms with Crippen molar-refractivity contribution in [3.8, 4) is 5.75 Å². The summed E-state index contributed by atoms with van der Waals surface area (Å²) in [5, 5.41) is 2.66. The molecule has 0 unspecified atom stereocenters. The minimum atomic E-state index is -0.0516. The van der Waals surface area contributed by atoms with Crippen molar-refractivity contribution in [2.24, 2.45) is 5.92 Å². The number of aryl methyl sites for hydroxylation is 1. The van der Waals surface area contributed by atoms with Gasteiger partial charge in [0.25, 0.3) is 0 Å². The topological polar surface area (TPSA) is 38.3 Å². The van der Waals surface area contributed by atoms with Gasteiger partial charge in [-0.05, 0) is 31.2 Å². The molecule has 94 valence electrons. The fourth-order valence-electron chi connectivity index (χ4n) is 1.90. The Morgan fingerprint density at radius 1 is 1.47 bits per heavy atom. The molecule has 4 heteroatoms. The smallest absolute Gasteiger partial charge is 0.226 e. The molecule has 1 heterocycles. The Bertz CT molecular complexity index is 393. The number of carbonyl (C=O) groups excluding carboxylic acids is 1. The Balaban J connectivity index is 0.000000686. The van der Waals surface area contributed by atoms with E-state index in [0.717, 1.165) is 17.7 Å². The summed E-state index contributed by atoms with van der Waals surface area (Å²) in [6.45, 7) is 2.53. The fourth-order valence-corrected chi connectivity index (χ4v) is 1.90. The molecule has 0 fully saturated rings. The van der Waals surface area contributed by atoms with Gasteiger partial charge in [0.1, 0.15) is 12.4 Å². The molecule has 1 aliphatic rings. The highest BCUT2D eigenvalue weighted by atomic mass is 32.1. The quantitative estimate of drug-likeness (QED) is 0.750. The normalized spacial score (nSPS) is 17.1. The number of hydrogen-bond donors (Lipinski definition) is 2. The molecular weight excluding hydrogens is 234 g/mol. The van der Waals surface area contributed by atoms with E-state index in [9.17, 15) is 4.79 Å². The summed E-state index contributed by atoms with van der Waals surface area (Å²) in [7, 11) is 1.66. The third-order valence-corrected chi connectivity index (χ3v) is 2.74. The minimum absolute atomic E-state index is 0.0516. The summed E-state index contributed by atoms with van der Waals surface area (Å²) < 4.78 is 5.55. The van der Waals surface area contributed by atoms with E-state index in [-0.39, 0.29) is 11.8 Å². The number of amides is 1. The number of carbonyl (C=O) groups is 1. The lowest BCUT2D eigenvalue weighted by Gasteiger charge is -2.24. The lowest BCUT2D eigenvalue weighted by atomic mass is 9.95. The molecule has 0 saturated carbocycles. The van der Waals surface area contributed by atoms with Crippen LogP contribution in [-0.2, 0) is 11.2 Å². The highest BCUT2D eigenvalue weighted by molar-refractivity contribution is 7.79. The molecule has 0 bridgehead atoms. The maximum Gasteiger partial charge on any atom is 0.226 e. The Labute approximate surface area is 108 Å². The fraction of sp³-hybridized carbons (Fsp3) is 0.462. The number of rotatable bonds is 1. The van der Waals surface area contributed by atoms with Gasteiger partial charge in [-0.1, -0.05) is 17.7 Å². The summed E-state index contributed by atoms with van der Waals surface area (Å²) in [6.07, 6.45) is 2.47. The van der Waals surface area contributed by atoms with Crippen LogP contribution < -0.4 is 10.1 Å². The van der Waals surface area contributed by atoms with Crippen LogP contribution in [0.15, 0.2) is 18.2 Å². The molecule has 1 atom stereocenters. The second-order valence-electron chi connectivity index (χ2n) is 3.94. The summed E-state index contributed by atoms with van der Waals surface area (Å²) in [5.74, 6) is 0.923. The Morgan fingerprint density at radius 2 is 2.18 bits per heavy atom. The first kappa shape index (κ1) is 13.9. The van der Waals surface area contributed by atoms with E-state index in [0.29, 0.717) is 6.61 Å². The van der Waals surface area contributed by atoms with E-state index in [4.69, 9.17) is 4.74 Å². The van der Waals surface area contributed by atoms with Crippen LogP contribution in [-0.4, -0.2) is 25.8 Å². The van der Waals surface area contributed by atoms with E-state index >= 15 is 0 Å². The van der Waals surface area contributed by atoms with Gasteiger partial charge in [-0.15, -0.1) is 0 Å². The number of benzene rings is 1. The van der Waals surface area contributed by atoms with Crippen LogP contribution in [0.3, 0.4) is 0 Å². The van der Waals surface area contributed by atoms with Crippen molar-refractivity contribution in [1.82, 2.24) is 5.32 Å². The van der Waals surface area contributed by atoms with Gasteiger partial charge in [0, 0.05) is 7.05 Å². The summed E-state index contributed by atoms with van der Waals surface area (Å²) in [5.41, 5.74) is 2.34. The van der Waals surface area contributed by atoms with Crippen molar-refractivity contribution in [2.45, 2.75) is 13.3 Å². The number of hydrogen-bond acceptors (Lipinski definition) is 3. The molecule has 1 aromatic carbocycles. The summed E-state index contributed by atoms with van der Waals surface area (Å²) >= 11 is 3.53.